The standard InChI is InChI=1S/C25H26O5/c1-4-30-25(27)21-15-19(11-17-7-5-9-22(13-17)28-2)24(26)20(16-21)12-18-8-6-10-23(14-18)29-3/h5-14,21H,4,15-16H2,1-3H3/b19-11-,20-12+. The molecule has 1 fully saturated rings. The van der Waals surface area contributed by atoms with Crippen molar-refractivity contribution in [1.29, 1.82) is 0 Å². The van der Waals surface area contributed by atoms with Gasteiger partial charge in [-0.25, -0.2) is 0 Å². The van der Waals surface area contributed by atoms with Crippen molar-refractivity contribution in [3.05, 3.63) is 70.8 Å². The van der Waals surface area contributed by atoms with E-state index in [2.05, 4.69) is 0 Å². The molecule has 0 spiro atoms. The molecule has 156 valence electrons. The monoisotopic (exact) mass is 406 g/mol. The van der Waals surface area contributed by atoms with E-state index in [1.54, 1.807) is 21.1 Å². The molecule has 0 radical (unpaired) electrons. The summed E-state index contributed by atoms with van der Waals surface area (Å²) in [6.07, 6.45) is 4.36. The van der Waals surface area contributed by atoms with E-state index in [1.807, 2.05) is 60.7 Å². The highest BCUT2D eigenvalue weighted by atomic mass is 16.5. The van der Waals surface area contributed by atoms with Crippen molar-refractivity contribution in [1.82, 2.24) is 0 Å². The van der Waals surface area contributed by atoms with Crippen LogP contribution in [0.4, 0.5) is 0 Å². The summed E-state index contributed by atoms with van der Waals surface area (Å²) in [4.78, 5) is 25.7. The van der Waals surface area contributed by atoms with E-state index < -0.39 is 5.92 Å². The highest BCUT2D eigenvalue weighted by molar-refractivity contribution is 6.14. The maximum Gasteiger partial charge on any atom is 0.309 e. The summed E-state index contributed by atoms with van der Waals surface area (Å²) in [7, 11) is 3.20. The Morgan fingerprint density at radius 3 is 1.87 bits per heavy atom. The fraction of sp³-hybridized carbons (Fsp3) is 0.280. The van der Waals surface area contributed by atoms with Crippen LogP contribution in [-0.4, -0.2) is 32.6 Å². The maximum atomic E-state index is 13.2. The highest BCUT2D eigenvalue weighted by Gasteiger charge is 2.33. The summed E-state index contributed by atoms with van der Waals surface area (Å²) >= 11 is 0. The molecule has 0 saturated heterocycles. The Kier molecular flexibility index (Phi) is 7.07. The summed E-state index contributed by atoms with van der Waals surface area (Å²) in [5, 5.41) is 0. The first kappa shape index (κ1) is 21.4. The van der Waals surface area contributed by atoms with Crippen LogP contribution in [0.25, 0.3) is 12.2 Å². The number of carbonyl (C=O) groups is 2. The molecule has 5 nitrogen and oxygen atoms in total. The number of ether oxygens (including phenoxy) is 3. The minimum atomic E-state index is -0.392. The van der Waals surface area contributed by atoms with Gasteiger partial charge in [0.15, 0.2) is 5.78 Å². The largest absolute Gasteiger partial charge is 0.497 e. The molecule has 0 amide bonds. The minimum absolute atomic E-state index is 0.0545. The summed E-state index contributed by atoms with van der Waals surface area (Å²) in [6, 6.07) is 15.0. The SMILES string of the molecule is CCOC(=O)C1C/C(=C/c2cccc(OC)c2)C(=O)/C(=C/c2cccc(OC)c2)C1. The number of Topliss-reactive ketones (excluding diaryl/α,β-unsaturated/α-hetero) is 1. The number of benzene rings is 2. The fourth-order valence-corrected chi connectivity index (χ4v) is 3.54. The van der Waals surface area contributed by atoms with Crippen LogP contribution in [0.1, 0.15) is 30.9 Å². The normalized spacial score (nSPS) is 19.0. The van der Waals surface area contributed by atoms with Gasteiger partial charge in [-0.2, -0.15) is 0 Å². The Labute approximate surface area is 177 Å². The van der Waals surface area contributed by atoms with E-state index in [4.69, 9.17) is 14.2 Å². The summed E-state index contributed by atoms with van der Waals surface area (Å²) < 4.78 is 15.8. The number of allylic oxidation sites excluding steroid dienone is 2. The van der Waals surface area contributed by atoms with Crippen molar-refractivity contribution in [3.8, 4) is 11.5 Å². The molecule has 2 aromatic carbocycles. The van der Waals surface area contributed by atoms with Crippen LogP contribution in [0, 0.1) is 5.92 Å². The van der Waals surface area contributed by atoms with Gasteiger partial charge in [-0.1, -0.05) is 24.3 Å². The van der Waals surface area contributed by atoms with Gasteiger partial charge < -0.3 is 14.2 Å². The quantitative estimate of drug-likeness (QED) is 0.513. The number of rotatable bonds is 6. The van der Waals surface area contributed by atoms with Crippen molar-refractivity contribution in [2.45, 2.75) is 19.8 Å². The molecule has 30 heavy (non-hydrogen) atoms. The Hall–Kier alpha value is -3.34. The Bertz CT molecular complexity index is 917. The second-order valence-electron chi connectivity index (χ2n) is 7.08. The smallest absolute Gasteiger partial charge is 0.309 e. The number of ketones is 1. The lowest BCUT2D eigenvalue weighted by atomic mass is 9.79. The zero-order chi connectivity index (χ0) is 21.5. The average molecular weight is 406 g/mol. The third kappa shape index (κ3) is 5.17. The number of hydrogen-bond acceptors (Lipinski definition) is 5. The topological polar surface area (TPSA) is 61.8 Å². The van der Waals surface area contributed by atoms with Gasteiger partial charge in [-0.3, -0.25) is 9.59 Å². The van der Waals surface area contributed by atoms with Crippen LogP contribution in [-0.2, 0) is 14.3 Å². The third-order valence-electron chi connectivity index (χ3n) is 5.01. The van der Waals surface area contributed by atoms with E-state index in [1.165, 1.54) is 0 Å². The van der Waals surface area contributed by atoms with Crippen molar-refractivity contribution in [3.63, 3.8) is 0 Å². The molecule has 0 aliphatic heterocycles. The van der Waals surface area contributed by atoms with Gasteiger partial charge >= 0.3 is 5.97 Å². The maximum absolute atomic E-state index is 13.2. The molecule has 1 aliphatic rings. The van der Waals surface area contributed by atoms with Crippen LogP contribution in [0.5, 0.6) is 11.5 Å². The lowest BCUT2D eigenvalue weighted by molar-refractivity contribution is -0.148. The highest BCUT2D eigenvalue weighted by Crippen LogP contribution is 2.34. The molecule has 0 aromatic heterocycles. The molecule has 3 rings (SSSR count). The minimum Gasteiger partial charge on any atom is -0.497 e. The molecular weight excluding hydrogens is 380 g/mol. The summed E-state index contributed by atoms with van der Waals surface area (Å²) in [5.74, 6) is 0.694. The van der Waals surface area contributed by atoms with Crippen LogP contribution in [0.3, 0.4) is 0 Å². The van der Waals surface area contributed by atoms with Gasteiger partial charge in [0.05, 0.1) is 26.7 Å². The van der Waals surface area contributed by atoms with Gasteiger partial charge in [0, 0.05) is 11.1 Å². The van der Waals surface area contributed by atoms with Gasteiger partial charge in [-0.05, 0) is 67.3 Å². The van der Waals surface area contributed by atoms with E-state index >= 15 is 0 Å². The zero-order valence-corrected chi connectivity index (χ0v) is 17.5. The van der Waals surface area contributed by atoms with Crippen LogP contribution < -0.4 is 9.47 Å². The predicted molar refractivity (Wildman–Crippen MR) is 116 cm³/mol. The van der Waals surface area contributed by atoms with Gasteiger partial charge in [0.25, 0.3) is 0 Å². The number of esters is 1. The first-order chi connectivity index (χ1) is 14.5. The lowest BCUT2D eigenvalue weighted by Gasteiger charge is -2.24. The second-order valence-corrected chi connectivity index (χ2v) is 7.08. The molecule has 0 N–H and O–H groups in total. The molecule has 1 atom stereocenters. The molecule has 0 heterocycles. The number of methoxy groups -OCH3 is 2. The molecule has 1 saturated carbocycles. The first-order valence-corrected chi connectivity index (χ1v) is 9.94. The van der Waals surface area contributed by atoms with Crippen LogP contribution in [0.15, 0.2) is 59.7 Å². The van der Waals surface area contributed by atoms with Crippen molar-refractivity contribution in [2.75, 3.05) is 20.8 Å². The molecule has 1 aliphatic carbocycles. The number of hydrogen-bond donors (Lipinski definition) is 0. The van der Waals surface area contributed by atoms with E-state index in [0.29, 0.717) is 42.1 Å². The van der Waals surface area contributed by atoms with Crippen molar-refractivity contribution < 1.29 is 23.8 Å². The van der Waals surface area contributed by atoms with E-state index in [9.17, 15) is 9.59 Å². The van der Waals surface area contributed by atoms with Gasteiger partial charge in [0.1, 0.15) is 11.5 Å². The number of carbonyl (C=O) groups excluding carboxylic acids is 2. The first-order valence-electron chi connectivity index (χ1n) is 9.94. The summed E-state index contributed by atoms with van der Waals surface area (Å²) in [5.41, 5.74) is 2.87. The molecule has 2 aromatic rings. The lowest BCUT2D eigenvalue weighted by Crippen LogP contribution is -2.27. The fourth-order valence-electron chi connectivity index (χ4n) is 3.54. The van der Waals surface area contributed by atoms with Crippen LogP contribution in [0.2, 0.25) is 0 Å². The Balaban J connectivity index is 1.99. The average Bonchev–Trinajstić information content (AvgIpc) is 2.76. The Morgan fingerprint density at radius 2 is 1.43 bits per heavy atom. The molecule has 0 bridgehead atoms. The predicted octanol–water partition coefficient (Wildman–Crippen LogP) is 4.71. The molecular formula is C25H26O5. The molecule has 1 unspecified atom stereocenters. The van der Waals surface area contributed by atoms with Gasteiger partial charge in [-0.15, -0.1) is 0 Å². The molecule has 5 heteroatoms. The van der Waals surface area contributed by atoms with Crippen LogP contribution >= 0.6 is 0 Å². The van der Waals surface area contributed by atoms with E-state index in [0.717, 1.165) is 11.1 Å². The van der Waals surface area contributed by atoms with Crippen molar-refractivity contribution >= 4 is 23.9 Å². The van der Waals surface area contributed by atoms with E-state index in [-0.39, 0.29) is 11.8 Å². The zero-order valence-electron chi connectivity index (χ0n) is 17.5. The third-order valence-corrected chi connectivity index (χ3v) is 5.01. The Morgan fingerprint density at radius 1 is 0.933 bits per heavy atom. The second kappa shape index (κ2) is 9.92. The van der Waals surface area contributed by atoms with Gasteiger partial charge in [0.2, 0.25) is 0 Å². The summed E-state index contributed by atoms with van der Waals surface area (Å²) in [6.45, 7) is 2.10. The van der Waals surface area contributed by atoms with Crippen molar-refractivity contribution in [2.24, 2.45) is 5.92 Å².